The Morgan fingerprint density at radius 1 is 0.833 bits per heavy atom. The van der Waals surface area contributed by atoms with Crippen LogP contribution in [0.3, 0.4) is 0 Å². The molecule has 2 aromatic carbocycles. The number of rotatable bonds is 2. The van der Waals surface area contributed by atoms with Crippen LogP contribution in [0.5, 0.6) is 0 Å². The summed E-state index contributed by atoms with van der Waals surface area (Å²) in [5.74, 6) is 0. The standard InChI is InChI=1S/C16H13NS/c18-16(15-10-3-4-11-17-15)14-9-5-7-12-6-1-2-8-13(12)14/h1-11,16,18H. The molecular formula is C16H13NS. The molecule has 1 aromatic heterocycles. The quantitative estimate of drug-likeness (QED) is 0.672. The molecule has 2 heteroatoms. The van der Waals surface area contributed by atoms with Gasteiger partial charge in [-0.15, -0.1) is 0 Å². The van der Waals surface area contributed by atoms with Gasteiger partial charge >= 0.3 is 0 Å². The van der Waals surface area contributed by atoms with E-state index in [1.165, 1.54) is 16.3 Å². The molecule has 0 saturated heterocycles. The zero-order valence-electron chi connectivity index (χ0n) is 9.82. The van der Waals surface area contributed by atoms with E-state index in [1.54, 1.807) is 0 Å². The number of nitrogens with zero attached hydrogens (tertiary/aromatic N) is 1. The van der Waals surface area contributed by atoms with E-state index in [0.29, 0.717) is 0 Å². The Balaban J connectivity index is 2.15. The highest BCUT2D eigenvalue weighted by Crippen LogP contribution is 2.32. The summed E-state index contributed by atoms with van der Waals surface area (Å²) in [5, 5.41) is 2.49. The molecule has 0 aliphatic carbocycles. The SMILES string of the molecule is SC(c1ccccn1)c1cccc2ccccc12. The predicted molar refractivity (Wildman–Crippen MR) is 79.0 cm³/mol. The largest absolute Gasteiger partial charge is 0.260 e. The van der Waals surface area contributed by atoms with Gasteiger partial charge in [0.2, 0.25) is 0 Å². The second kappa shape index (κ2) is 4.83. The van der Waals surface area contributed by atoms with Crippen molar-refractivity contribution >= 4 is 23.4 Å². The summed E-state index contributed by atoms with van der Waals surface area (Å²) in [6, 6.07) is 20.6. The first-order chi connectivity index (χ1) is 8.86. The Morgan fingerprint density at radius 3 is 2.44 bits per heavy atom. The summed E-state index contributed by atoms with van der Waals surface area (Å²) >= 11 is 4.72. The molecule has 0 saturated carbocycles. The van der Waals surface area contributed by atoms with Crippen molar-refractivity contribution in [1.82, 2.24) is 4.98 Å². The van der Waals surface area contributed by atoms with Crippen LogP contribution in [0.1, 0.15) is 16.5 Å². The Hall–Kier alpha value is -1.80. The third kappa shape index (κ3) is 2.00. The van der Waals surface area contributed by atoms with Crippen molar-refractivity contribution in [3.05, 3.63) is 78.1 Å². The lowest BCUT2D eigenvalue weighted by Gasteiger charge is -2.13. The summed E-state index contributed by atoms with van der Waals surface area (Å²) in [6.45, 7) is 0. The molecule has 3 rings (SSSR count). The molecule has 0 fully saturated rings. The van der Waals surface area contributed by atoms with Crippen molar-refractivity contribution < 1.29 is 0 Å². The van der Waals surface area contributed by atoms with Gasteiger partial charge in [0.25, 0.3) is 0 Å². The average Bonchev–Trinajstić information content (AvgIpc) is 2.47. The maximum Gasteiger partial charge on any atom is 0.0695 e. The van der Waals surface area contributed by atoms with Crippen LogP contribution in [-0.4, -0.2) is 4.98 Å². The van der Waals surface area contributed by atoms with Gasteiger partial charge < -0.3 is 0 Å². The second-order valence-corrected chi connectivity index (χ2v) is 4.74. The summed E-state index contributed by atoms with van der Waals surface area (Å²) in [6.07, 6.45) is 1.81. The van der Waals surface area contributed by atoms with Gasteiger partial charge in [-0.05, 0) is 28.5 Å². The number of benzene rings is 2. The fraction of sp³-hybridized carbons (Fsp3) is 0.0625. The van der Waals surface area contributed by atoms with E-state index in [0.717, 1.165) is 5.69 Å². The lowest BCUT2D eigenvalue weighted by atomic mass is 10.0. The third-order valence-corrected chi connectivity index (χ3v) is 3.63. The Bertz CT molecular complexity index is 659. The Labute approximate surface area is 112 Å². The topological polar surface area (TPSA) is 12.9 Å². The minimum Gasteiger partial charge on any atom is -0.260 e. The lowest BCUT2D eigenvalue weighted by Crippen LogP contribution is -1.96. The van der Waals surface area contributed by atoms with Crippen molar-refractivity contribution in [3.63, 3.8) is 0 Å². The van der Waals surface area contributed by atoms with Crippen LogP contribution >= 0.6 is 12.6 Å². The molecule has 88 valence electrons. The maximum absolute atomic E-state index is 4.72. The zero-order chi connectivity index (χ0) is 12.4. The van der Waals surface area contributed by atoms with Crippen LogP contribution in [0.15, 0.2) is 66.9 Å². The van der Waals surface area contributed by atoms with E-state index >= 15 is 0 Å². The van der Waals surface area contributed by atoms with E-state index in [2.05, 4.69) is 47.4 Å². The van der Waals surface area contributed by atoms with Crippen molar-refractivity contribution in [1.29, 1.82) is 0 Å². The summed E-state index contributed by atoms with van der Waals surface area (Å²) in [5.41, 5.74) is 2.19. The van der Waals surface area contributed by atoms with Gasteiger partial charge in [-0.25, -0.2) is 0 Å². The van der Waals surface area contributed by atoms with Gasteiger partial charge in [0.15, 0.2) is 0 Å². The highest BCUT2D eigenvalue weighted by molar-refractivity contribution is 7.80. The minimum absolute atomic E-state index is 0.0114. The van der Waals surface area contributed by atoms with Gasteiger partial charge in [0, 0.05) is 6.20 Å². The molecular weight excluding hydrogens is 238 g/mol. The fourth-order valence-electron chi connectivity index (χ4n) is 2.19. The first-order valence-corrected chi connectivity index (χ1v) is 6.44. The molecule has 1 nitrogen and oxygen atoms in total. The molecule has 0 spiro atoms. The number of thiol groups is 1. The summed E-state index contributed by atoms with van der Waals surface area (Å²) in [4.78, 5) is 4.39. The molecule has 1 unspecified atom stereocenters. The second-order valence-electron chi connectivity index (χ2n) is 4.23. The van der Waals surface area contributed by atoms with E-state index in [1.807, 2.05) is 24.4 Å². The van der Waals surface area contributed by atoms with E-state index in [9.17, 15) is 0 Å². The lowest BCUT2D eigenvalue weighted by molar-refractivity contribution is 1.07. The van der Waals surface area contributed by atoms with Gasteiger partial charge in [0.05, 0.1) is 10.9 Å². The monoisotopic (exact) mass is 251 g/mol. The van der Waals surface area contributed by atoms with Crippen LogP contribution in [0, 0.1) is 0 Å². The van der Waals surface area contributed by atoms with Crippen molar-refractivity contribution in [2.24, 2.45) is 0 Å². The molecule has 0 aliphatic rings. The number of hydrogen-bond donors (Lipinski definition) is 1. The van der Waals surface area contributed by atoms with Crippen LogP contribution in [0.25, 0.3) is 10.8 Å². The van der Waals surface area contributed by atoms with E-state index < -0.39 is 0 Å². The van der Waals surface area contributed by atoms with E-state index in [-0.39, 0.29) is 5.25 Å². The molecule has 0 bridgehead atoms. The number of aromatic nitrogens is 1. The Morgan fingerprint density at radius 2 is 1.61 bits per heavy atom. The molecule has 3 aromatic rings. The fourth-order valence-corrected chi connectivity index (χ4v) is 2.56. The number of hydrogen-bond acceptors (Lipinski definition) is 2. The maximum atomic E-state index is 4.72. The minimum atomic E-state index is 0.0114. The van der Waals surface area contributed by atoms with Crippen LogP contribution in [0.4, 0.5) is 0 Å². The van der Waals surface area contributed by atoms with Crippen LogP contribution in [0.2, 0.25) is 0 Å². The summed E-state index contributed by atoms with van der Waals surface area (Å²) in [7, 11) is 0. The number of fused-ring (bicyclic) bond motifs is 1. The molecule has 1 atom stereocenters. The van der Waals surface area contributed by atoms with Gasteiger partial charge in [0.1, 0.15) is 0 Å². The van der Waals surface area contributed by atoms with Gasteiger partial charge in [-0.3, -0.25) is 4.98 Å². The van der Waals surface area contributed by atoms with Crippen LogP contribution in [-0.2, 0) is 0 Å². The predicted octanol–water partition coefficient (Wildman–Crippen LogP) is 4.25. The summed E-state index contributed by atoms with van der Waals surface area (Å²) < 4.78 is 0. The van der Waals surface area contributed by atoms with Crippen molar-refractivity contribution in [3.8, 4) is 0 Å². The van der Waals surface area contributed by atoms with E-state index in [4.69, 9.17) is 12.6 Å². The van der Waals surface area contributed by atoms with Crippen LogP contribution < -0.4 is 0 Å². The molecule has 18 heavy (non-hydrogen) atoms. The molecule has 0 radical (unpaired) electrons. The molecule has 0 N–H and O–H groups in total. The van der Waals surface area contributed by atoms with Crippen molar-refractivity contribution in [2.75, 3.05) is 0 Å². The molecule has 0 aliphatic heterocycles. The molecule has 1 heterocycles. The highest BCUT2D eigenvalue weighted by atomic mass is 32.1. The normalized spacial score (nSPS) is 12.5. The Kier molecular flexibility index (Phi) is 3.03. The van der Waals surface area contributed by atoms with Gasteiger partial charge in [-0.1, -0.05) is 48.5 Å². The number of pyridine rings is 1. The van der Waals surface area contributed by atoms with Crippen molar-refractivity contribution in [2.45, 2.75) is 5.25 Å². The third-order valence-electron chi connectivity index (χ3n) is 3.09. The highest BCUT2D eigenvalue weighted by Gasteiger charge is 2.12. The first kappa shape index (κ1) is 11.3. The smallest absolute Gasteiger partial charge is 0.0695 e. The average molecular weight is 251 g/mol. The first-order valence-electron chi connectivity index (χ1n) is 5.93. The molecule has 0 amide bonds. The van der Waals surface area contributed by atoms with Gasteiger partial charge in [-0.2, -0.15) is 12.6 Å². The zero-order valence-corrected chi connectivity index (χ0v) is 10.7.